The van der Waals surface area contributed by atoms with Crippen LogP contribution < -0.4 is 14.2 Å². The molecule has 182 valence electrons. The Labute approximate surface area is 199 Å². The highest BCUT2D eigenvalue weighted by atomic mass is 32.2. The average Bonchev–Trinajstić information content (AvgIpc) is 3.36. The van der Waals surface area contributed by atoms with E-state index in [2.05, 4.69) is 10.1 Å². The van der Waals surface area contributed by atoms with Gasteiger partial charge in [-0.3, -0.25) is 0 Å². The Morgan fingerprint density at radius 2 is 1.65 bits per heavy atom. The van der Waals surface area contributed by atoms with Gasteiger partial charge in [-0.05, 0) is 55.3 Å². The van der Waals surface area contributed by atoms with Crippen molar-refractivity contribution in [2.75, 3.05) is 21.3 Å². The van der Waals surface area contributed by atoms with Gasteiger partial charge in [-0.25, -0.2) is 8.42 Å². The van der Waals surface area contributed by atoms with E-state index in [1.807, 2.05) is 0 Å². The third-order valence-corrected chi connectivity index (χ3v) is 7.96. The van der Waals surface area contributed by atoms with Gasteiger partial charge in [-0.15, -0.1) is 0 Å². The lowest BCUT2D eigenvalue weighted by Gasteiger charge is -2.32. The summed E-state index contributed by atoms with van der Waals surface area (Å²) in [5, 5.41) is 4.07. The van der Waals surface area contributed by atoms with Crippen molar-refractivity contribution in [1.29, 1.82) is 0 Å². The van der Waals surface area contributed by atoms with E-state index in [4.69, 9.17) is 18.7 Å². The SMILES string of the molecule is COc1ccc(S(=O)(=O)N(Cc2nc(-c3ccc(OC)c(OC)c3)no2)C2CCCCC2)cc1. The highest BCUT2D eigenvalue weighted by Crippen LogP contribution is 2.33. The van der Waals surface area contributed by atoms with E-state index in [1.165, 1.54) is 4.31 Å². The van der Waals surface area contributed by atoms with Crippen LogP contribution in [0.1, 0.15) is 38.0 Å². The number of hydrogen-bond acceptors (Lipinski definition) is 8. The third kappa shape index (κ3) is 5.02. The van der Waals surface area contributed by atoms with Crippen molar-refractivity contribution < 1.29 is 27.2 Å². The van der Waals surface area contributed by atoms with Crippen molar-refractivity contribution in [1.82, 2.24) is 14.4 Å². The number of aromatic nitrogens is 2. The summed E-state index contributed by atoms with van der Waals surface area (Å²) in [6, 6.07) is 11.6. The molecule has 0 unspecified atom stereocenters. The fraction of sp³-hybridized carbons (Fsp3) is 0.417. The molecule has 1 aliphatic carbocycles. The molecule has 0 N–H and O–H groups in total. The average molecular weight is 488 g/mol. The summed E-state index contributed by atoms with van der Waals surface area (Å²) in [7, 11) is 0.873. The molecule has 1 fully saturated rings. The smallest absolute Gasteiger partial charge is 0.243 e. The van der Waals surface area contributed by atoms with E-state index in [9.17, 15) is 8.42 Å². The highest BCUT2D eigenvalue weighted by molar-refractivity contribution is 7.89. The third-order valence-electron chi connectivity index (χ3n) is 6.05. The molecule has 0 spiro atoms. The van der Waals surface area contributed by atoms with Crippen molar-refractivity contribution in [3.8, 4) is 28.6 Å². The van der Waals surface area contributed by atoms with Crippen molar-refractivity contribution in [3.63, 3.8) is 0 Å². The Bertz CT molecular complexity index is 1200. The van der Waals surface area contributed by atoms with Crippen LogP contribution in [0.25, 0.3) is 11.4 Å². The number of sulfonamides is 1. The first-order valence-corrected chi connectivity index (χ1v) is 12.6. The van der Waals surface area contributed by atoms with Gasteiger partial charge in [0.15, 0.2) is 11.5 Å². The van der Waals surface area contributed by atoms with Gasteiger partial charge in [-0.2, -0.15) is 9.29 Å². The van der Waals surface area contributed by atoms with Crippen molar-refractivity contribution in [2.24, 2.45) is 0 Å². The van der Waals surface area contributed by atoms with E-state index in [1.54, 1.807) is 63.8 Å². The molecule has 2 aromatic carbocycles. The Balaban J connectivity index is 1.63. The molecule has 0 saturated heterocycles. The molecule has 1 saturated carbocycles. The van der Waals surface area contributed by atoms with Crippen LogP contribution in [-0.4, -0.2) is 50.2 Å². The molecule has 4 rings (SSSR count). The molecule has 0 radical (unpaired) electrons. The standard InChI is InChI=1S/C24H29N3O6S/c1-30-19-10-12-20(13-11-19)34(28,29)27(18-7-5-4-6-8-18)16-23-25-24(26-33-23)17-9-14-21(31-2)22(15-17)32-3/h9-15,18H,4-8,16H2,1-3H3. The van der Waals surface area contributed by atoms with Crippen LogP contribution in [0.3, 0.4) is 0 Å². The molecular weight excluding hydrogens is 458 g/mol. The number of nitrogens with zero attached hydrogens (tertiary/aromatic N) is 3. The van der Waals surface area contributed by atoms with E-state index in [-0.39, 0.29) is 23.4 Å². The zero-order valence-electron chi connectivity index (χ0n) is 19.6. The Kier molecular flexibility index (Phi) is 7.38. The summed E-state index contributed by atoms with van der Waals surface area (Å²) in [6.07, 6.45) is 4.68. The number of methoxy groups -OCH3 is 3. The summed E-state index contributed by atoms with van der Waals surface area (Å²) in [5.74, 6) is 2.30. The largest absolute Gasteiger partial charge is 0.497 e. The number of benzene rings is 2. The summed E-state index contributed by atoms with van der Waals surface area (Å²) in [5.41, 5.74) is 0.676. The van der Waals surface area contributed by atoms with Crippen molar-refractivity contribution in [2.45, 2.75) is 49.6 Å². The van der Waals surface area contributed by atoms with Gasteiger partial charge in [-0.1, -0.05) is 24.4 Å². The van der Waals surface area contributed by atoms with Crippen molar-refractivity contribution in [3.05, 3.63) is 48.4 Å². The van der Waals surface area contributed by atoms with Crippen LogP contribution in [0.15, 0.2) is 51.9 Å². The quantitative estimate of drug-likeness (QED) is 0.440. The van der Waals surface area contributed by atoms with Gasteiger partial charge in [0.2, 0.25) is 21.7 Å². The first-order chi connectivity index (χ1) is 16.5. The van der Waals surface area contributed by atoms with Crippen LogP contribution in [0.4, 0.5) is 0 Å². The molecular formula is C24H29N3O6S. The molecule has 34 heavy (non-hydrogen) atoms. The molecule has 0 bridgehead atoms. The minimum Gasteiger partial charge on any atom is -0.497 e. The molecule has 0 amide bonds. The first-order valence-electron chi connectivity index (χ1n) is 11.2. The number of hydrogen-bond donors (Lipinski definition) is 0. The summed E-state index contributed by atoms with van der Waals surface area (Å²) >= 11 is 0. The summed E-state index contributed by atoms with van der Waals surface area (Å²) < 4.78 is 50.0. The maximum atomic E-state index is 13.6. The Morgan fingerprint density at radius 1 is 0.941 bits per heavy atom. The van der Waals surface area contributed by atoms with Crippen LogP contribution in [0.2, 0.25) is 0 Å². The second kappa shape index (κ2) is 10.4. The Morgan fingerprint density at radius 3 is 2.29 bits per heavy atom. The van der Waals surface area contributed by atoms with Gasteiger partial charge in [0.1, 0.15) is 5.75 Å². The lowest BCUT2D eigenvalue weighted by Crippen LogP contribution is -2.41. The van der Waals surface area contributed by atoms with Crippen LogP contribution >= 0.6 is 0 Å². The highest BCUT2D eigenvalue weighted by Gasteiger charge is 2.34. The molecule has 1 aliphatic rings. The molecule has 0 aliphatic heterocycles. The first kappa shape index (κ1) is 24.0. The molecule has 9 nitrogen and oxygen atoms in total. The lowest BCUT2D eigenvalue weighted by molar-refractivity contribution is 0.223. The maximum Gasteiger partial charge on any atom is 0.243 e. The normalized spacial score (nSPS) is 14.8. The molecule has 1 heterocycles. The molecule has 3 aromatic rings. The predicted octanol–water partition coefficient (Wildman–Crippen LogP) is 4.29. The van der Waals surface area contributed by atoms with Gasteiger partial charge in [0, 0.05) is 11.6 Å². The monoisotopic (exact) mass is 487 g/mol. The van der Waals surface area contributed by atoms with Crippen LogP contribution in [0, 0.1) is 0 Å². The fourth-order valence-corrected chi connectivity index (χ4v) is 5.84. The van der Waals surface area contributed by atoms with Gasteiger partial charge in [0.05, 0.1) is 32.8 Å². The van der Waals surface area contributed by atoms with E-state index in [0.29, 0.717) is 28.6 Å². The lowest BCUT2D eigenvalue weighted by atomic mass is 9.95. The van der Waals surface area contributed by atoms with Crippen LogP contribution in [-0.2, 0) is 16.6 Å². The van der Waals surface area contributed by atoms with E-state index in [0.717, 1.165) is 32.1 Å². The minimum atomic E-state index is -3.79. The molecule has 0 atom stereocenters. The molecule has 1 aromatic heterocycles. The minimum absolute atomic E-state index is 0.000676. The topological polar surface area (TPSA) is 104 Å². The second-order valence-electron chi connectivity index (χ2n) is 8.10. The Hall–Kier alpha value is -3.11. The van der Waals surface area contributed by atoms with Crippen molar-refractivity contribution >= 4 is 10.0 Å². The van der Waals surface area contributed by atoms with Crippen LogP contribution in [0.5, 0.6) is 17.2 Å². The number of rotatable bonds is 9. The van der Waals surface area contributed by atoms with Gasteiger partial charge in [0.25, 0.3) is 0 Å². The predicted molar refractivity (Wildman–Crippen MR) is 125 cm³/mol. The van der Waals surface area contributed by atoms with Gasteiger partial charge >= 0.3 is 0 Å². The zero-order valence-corrected chi connectivity index (χ0v) is 20.4. The molecule has 10 heteroatoms. The summed E-state index contributed by atoms with van der Waals surface area (Å²) in [4.78, 5) is 4.69. The zero-order chi connectivity index (χ0) is 24.1. The maximum absolute atomic E-state index is 13.6. The van der Waals surface area contributed by atoms with E-state index < -0.39 is 10.0 Å². The second-order valence-corrected chi connectivity index (χ2v) is 9.99. The van der Waals surface area contributed by atoms with Gasteiger partial charge < -0.3 is 18.7 Å². The van der Waals surface area contributed by atoms with E-state index >= 15 is 0 Å². The summed E-state index contributed by atoms with van der Waals surface area (Å²) in [6.45, 7) is -0.000676. The fourth-order valence-electron chi connectivity index (χ4n) is 4.21. The number of ether oxygens (including phenoxy) is 3.